The predicted molar refractivity (Wildman–Crippen MR) is 84.0 cm³/mol. The molecule has 0 spiro atoms. The molecule has 2 N–H and O–H groups in total. The van der Waals surface area contributed by atoms with Gasteiger partial charge < -0.3 is 10.2 Å². The van der Waals surface area contributed by atoms with Crippen LogP contribution in [0.3, 0.4) is 0 Å². The van der Waals surface area contributed by atoms with Crippen molar-refractivity contribution in [1.29, 1.82) is 0 Å². The van der Waals surface area contributed by atoms with Gasteiger partial charge in [0.25, 0.3) is 0 Å². The monoisotopic (exact) mass is 304 g/mol. The van der Waals surface area contributed by atoms with Gasteiger partial charge in [-0.1, -0.05) is 26.0 Å². The number of allylic oxidation sites excluding steroid dienone is 1. The minimum absolute atomic E-state index is 0.0483. The molecular formula is C19H28O3. The van der Waals surface area contributed by atoms with Crippen molar-refractivity contribution < 1.29 is 15.0 Å². The molecule has 3 heteroatoms. The van der Waals surface area contributed by atoms with Gasteiger partial charge in [-0.3, -0.25) is 4.79 Å². The summed E-state index contributed by atoms with van der Waals surface area (Å²) in [6.45, 7) is 4.51. The third-order valence-corrected chi connectivity index (χ3v) is 7.92. The number of hydrogen-bond acceptors (Lipinski definition) is 3. The lowest BCUT2D eigenvalue weighted by Crippen LogP contribution is -2.56. The van der Waals surface area contributed by atoms with Crippen LogP contribution in [0.15, 0.2) is 12.2 Å². The van der Waals surface area contributed by atoms with E-state index in [-0.39, 0.29) is 34.9 Å². The topological polar surface area (TPSA) is 57.5 Å². The van der Waals surface area contributed by atoms with Gasteiger partial charge in [0.05, 0.1) is 12.2 Å². The van der Waals surface area contributed by atoms with Crippen LogP contribution in [0.4, 0.5) is 0 Å². The van der Waals surface area contributed by atoms with Crippen molar-refractivity contribution in [2.45, 2.75) is 64.6 Å². The molecule has 4 aliphatic carbocycles. The Labute approximate surface area is 132 Å². The molecule has 0 bridgehead atoms. The molecule has 22 heavy (non-hydrogen) atoms. The van der Waals surface area contributed by atoms with Gasteiger partial charge in [-0.15, -0.1) is 0 Å². The molecule has 8 atom stereocenters. The lowest BCUT2D eigenvalue weighted by molar-refractivity contribution is -0.151. The Hall–Kier alpha value is -0.670. The van der Waals surface area contributed by atoms with Crippen LogP contribution in [0.25, 0.3) is 0 Å². The van der Waals surface area contributed by atoms with Crippen LogP contribution in [0.1, 0.15) is 52.4 Å². The highest BCUT2D eigenvalue weighted by Crippen LogP contribution is 2.64. The number of hydrogen-bond donors (Lipinski definition) is 2. The standard InChI is InChI=1S/C19H28O3/c1-18-7-5-12(20)9-11(18)10-15(21)17-13-3-4-16(22)19(13,2)8-6-14(17)18/h5,7,11-14,16-17,20,22H,3-4,6,8-10H2,1-2H3/t11?,12?,13-,14+,16?,17?,18-,19-/m0/s1. The van der Waals surface area contributed by atoms with Gasteiger partial charge in [-0.05, 0) is 60.7 Å². The summed E-state index contributed by atoms with van der Waals surface area (Å²) in [5, 5.41) is 20.4. The first kappa shape index (κ1) is 14.9. The normalized spacial score (nSPS) is 57.2. The highest BCUT2D eigenvalue weighted by Gasteiger charge is 2.61. The Morgan fingerprint density at radius 1 is 1.14 bits per heavy atom. The lowest BCUT2D eigenvalue weighted by atomic mass is 9.46. The number of fused-ring (bicyclic) bond motifs is 5. The van der Waals surface area contributed by atoms with E-state index in [1.54, 1.807) is 0 Å². The number of aliphatic hydroxyl groups is 2. The Morgan fingerprint density at radius 3 is 2.68 bits per heavy atom. The summed E-state index contributed by atoms with van der Waals surface area (Å²) in [6.07, 6.45) is 8.80. The highest BCUT2D eigenvalue weighted by molar-refractivity contribution is 5.83. The molecule has 0 amide bonds. The van der Waals surface area contributed by atoms with Gasteiger partial charge in [0.2, 0.25) is 0 Å². The van der Waals surface area contributed by atoms with Crippen molar-refractivity contribution in [2.75, 3.05) is 0 Å². The summed E-state index contributed by atoms with van der Waals surface area (Å²) in [4.78, 5) is 12.9. The number of Topliss-reactive ketones (excluding diaryl/α,β-unsaturated/α-hetero) is 1. The van der Waals surface area contributed by atoms with Crippen molar-refractivity contribution in [2.24, 2.45) is 34.5 Å². The zero-order valence-corrected chi connectivity index (χ0v) is 13.7. The summed E-state index contributed by atoms with van der Waals surface area (Å²) >= 11 is 0. The largest absolute Gasteiger partial charge is 0.393 e. The van der Waals surface area contributed by atoms with E-state index in [1.807, 2.05) is 6.08 Å². The van der Waals surface area contributed by atoms with Crippen LogP contribution < -0.4 is 0 Å². The number of carbonyl (C=O) groups excluding carboxylic acids is 1. The maximum Gasteiger partial charge on any atom is 0.136 e. The number of carbonyl (C=O) groups is 1. The Bertz CT molecular complexity index is 527. The summed E-state index contributed by atoms with van der Waals surface area (Å²) in [5.41, 5.74) is -0.00933. The second-order valence-corrected chi connectivity index (χ2v) is 8.77. The van der Waals surface area contributed by atoms with E-state index in [2.05, 4.69) is 19.9 Å². The minimum Gasteiger partial charge on any atom is -0.393 e. The molecule has 0 aliphatic heterocycles. The van der Waals surface area contributed by atoms with E-state index in [0.29, 0.717) is 24.0 Å². The quantitative estimate of drug-likeness (QED) is 0.677. The van der Waals surface area contributed by atoms with Gasteiger partial charge in [-0.25, -0.2) is 0 Å². The van der Waals surface area contributed by atoms with Gasteiger partial charge in [0.15, 0.2) is 0 Å². The zero-order valence-electron chi connectivity index (χ0n) is 13.7. The van der Waals surface area contributed by atoms with E-state index in [4.69, 9.17) is 0 Å². The molecule has 0 saturated heterocycles. The molecule has 3 fully saturated rings. The van der Waals surface area contributed by atoms with Crippen LogP contribution in [0.2, 0.25) is 0 Å². The fourth-order valence-electron chi connectivity index (χ4n) is 6.45. The fourth-order valence-corrected chi connectivity index (χ4v) is 6.45. The first-order chi connectivity index (χ1) is 10.4. The maximum atomic E-state index is 12.9. The van der Waals surface area contributed by atoms with Gasteiger partial charge in [-0.2, -0.15) is 0 Å². The number of rotatable bonds is 0. The first-order valence-corrected chi connectivity index (χ1v) is 8.94. The molecule has 4 rings (SSSR count). The minimum atomic E-state index is -0.385. The molecule has 0 aromatic rings. The summed E-state index contributed by atoms with van der Waals surface area (Å²) < 4.78 is 0. The molecular weight excluding hydrogens is 276 g/mol. The van der Waals surface area contributed by atoms with Crippen LogP contribution in [0.5, 0.6) is 0 Å². The fraction of sp³-hybridized carbons (Fsp3) is 0.842. The van der Waals surface area contributed by atoms with Gasteiger partial charge >= 0.3 is 0 Å². The Kier molecular flexibility index (Phi) is 3.16. The van der Waals surface area contributed by atoms with E-state index >= 15 is 0 Å². The maximum absolute atomic E-state index is 12.9. The first-order valence-electron chi connectivity index (χ1n) is 8.94. The summed E-state index contributed by atoms with van der Waals surface area (Å²) in [6, 6.07) is 0. The molecule has 3 nitrogen and oxygen atoms in total. The number of ketones is 1. The molecule has 0 aromatic heterocycles. The molecule has 0 radical (unpaired) electrons. The second-order valence-electron chi connectivity index (χ2n) is 8.77. The molecule has 4 aliphatic rings. The zero-order chi connectivity index (χ0) is 15.7. The predicted octanol–water partition coefficient (Wildman–Crippen LogP) is 2.71. The second kappa shape index (κ2) is 4.67. The van der Waals surface area contributed by atoms with Gasteiger partial charge in [0.1, 0.15) is 5.78 Å². The van der Waals surface area contributed by atoms with E-state index in [1.165, 1.54) is 0 Å². The Morgan fingerprint density at radius 2 is 1.91 bits per heavy atom. The molecule has 3 saturated carbocycles. The highest BCUT2D eigenvalue weighted by atomic mass is 16.3. The molecule has 122 valence electrons. The molecule has 0 heterocycles. The third kappa shape index (κ3) is 1.78. The van der Waals surface area contributed by atoms with E-state index < -0.39 is 0 Å². The average molecular weight is 304 g/mol. The lowest BCUT2D eigenvalue weighted by Gasteiger charge is -2.58. The van der Waals surface area contributed by atoms with Crippen molar-refractivity contribution in [3.8, 4) is 0 Å². The van der Waals surface area contributed by atoms with E-state index in [9.17, 15) is 15.0 Å². The van der Waals surface area contributed by atoms with Crippen molar-refractivity contribution in [3.63, 3.8) is 0 Å². The van der Waals surface area contributed by atoms with Crippen molar-refractivity contribution in [3.05, 3.63) is 12.2 Å². The van der Waals surface area contributed by atoms with Crippen molar-refractivity contribution >= 4 is 5.78 Å². The van der Waals surface area contributed by atoms with Crippen LogP contribution >= 0.6 is 0 Å². The molecule has 0 aromatic carbocycles. The molecule has 4 unspecified atom stereocenters. The smallest absolute Gasteiger partial charge is 0.136 e. The summed E-state index contributed by atoms with van der Waals surface area (Å²) in [5.74, 6) is 1.56. The van der Waals surface area contributed by atoms with Crippen LogP contribution in [0, 0.1) is 34.5 Å². The Balaban J connectivity index is 1.73. The SMILES string of the molecule is C[C@]12C=CC(O)CC1CC(=O)C1[C@H]2CC[C@]2(C)C(O)CC[C@@H]12. The van der Waals surface area contributed by atoms with Gasteiger partial charge in [0, 0.05) is 12.3 Å². The van der Waals surface area contributed by atoms with Crippen LogP contribution in [-0.4, -0.2) is 28.2 Å². The summed E-state index contributed by atoms with van der Waals surface area (Å²) in [7, 11) is 0. The van der Waals surface area contributed by atoms with Crippen molar-refractivity contribution in [1.82, 2.24) is 0 Å². The number of aliphatic hydroxyl groups excluding tert-OH is 2. The van der Waals surface area contributed by atoms with Crippen LogP contribution in [-0.2, 0) is 4.79 Å². The average Bonchev–Trinajstić information content (AvgIpc) is 2.77. The van der Waals surface area contributed by atoms with E-state index in [0.717, 1.165) is 32.1 Å². The third-order valence-electron chi connectivity index (χ3n) is 7.92.